The Morgan fingerprint density at radius 1 is 0.667 bits per heavy atom. The largest absolute Gasteiger partial charge is 0.0605 e. The maximum absolute atomic E-state index is 3.58. The molecule has 0 spiro atoms. The van der Waals surface area contributed by atoms with Crippen LogP contribution in [0.3, 0.4) is 0 Å². The van der Waals surface area contributed by atoms with Crippen LogP contribution >= 0.6 is 15.9 Å². The molecule has 0 N–H and O–H groups in total. The van der Waals surface area contributed by atoms with Gasteiger partial charge < -0.3 is 0 Å². The molecule has 0 radical (unpaired) electrons. The Labute approximate surface area is 137 Å². The first-order valence-corrected chi connectivity index (χ1v) is 8.29. The molecule has 1 heteroatoms. The maximum Gasteiger partial charge on any atom is 0.0181 e. The van der Waals surface area contributed by atoms with Crippen molar-refractivity contribution in [2.75, 3.05) is 0 Å². The van der Waals surface area contributed by atoms with E-state index in [1.54, 1.807) is 0 Å². The molecule has 2 aromatic carbocycles. The first-order valence-electron chi connectivity index (χ1n) is 7.49. The van der Waals surface area contributed by atoms with E-state index in [1.807, 2.05) is 0 Å². The van der Waals surface area contributed by atoms with Gasteiger partial charge in [0.05, 0.1) is 0 Å². The van der Waals surface area contributed by atoms with Gasteiger partial charge in [-0.15, -0.1) is 0 Å². The minimum absolute atomic E-state index is 0.155. The third-order valence-electron chi connectivity index (χ3n) is 3.82. The maximum atomic E-state index is 3.58. The summed E-state index contributed by atoms with van der Waals surface area (Å²) in [5.41, 5.74) is 5.66. The fourth-order valence-corrected chi connectivity index (χ4v) is 2.73. The Bertz CT molecular complexity index is 607. The van der Waals surface area contributed by atoms with Gasteiger partial charge in [-0.25, -0.2) is 0 Å². The lowest BCUT2D eigenvalue weighted by Crippen LogP contribution is -2.16. The van der Waals surface area contributed by atoms with Crippen molar-refractivity contribution in [3.8, 4) is 11.1 Å². The van der Waals surface area contributed by atoms with E-state index in [1.165, 1.54) is 22.3 Å². The van der Waals surface area contributed by atoms with Crippen LogP contribution in [0.5, 0.6) is 0 Å². The molecule has 0 aliphatic carbocycles. The van der Waals surface area contributed by atoms with Crippen LogP contribution in [0.15, 0.2) is 46.9 Å². The van der Waals surface area contributed by atoms with Crippen molar-refractivity contribution in [3.05, 3.63) is 58.1 Å². The van der Waals surface area contributed by atoms with Crippen LogP contribution in [0.1, 0.15) is 52.7 Å². The van der Waals surface area contributed by atoms with Crippen LogP contribution in [0.4, 0.5) is 0 Å². The van der Waals surface area contributed by atoms with Crippen LogP contribution < -0.4 is 0 Å². The average Bonchev–Trinajstić information content (AvgIpc) is 2.36. The summed E-state index contributed by atoms with van der Waals surface area (Å²) in [5.74, 6) is 0. The van der Waals surface area contributed by atoms with Gasteiger partial charge in [0, 0.05) is 4.47 Å². The molecule has 0 aromatic heterocycles. The van der Waals surface area contributed by atoms with Gasteiger partial charge in [-0.1, -0.05) is 87.8 Å². The molecule has 0 unspecified atom stereocenters. The zero-order valence-electron chi connectivity index (χ0n) is 13.9. The van der Waals surface area contributed by atoms with Gasteiger partial charge in [-0.05, 0) is 45.2 Å². The fourth-order valence-electron chi connectivity index (χ4n) is 2.33. The Morgan fingerprint density at radius 3 is 1.62 bits per heavy atom. The number of rotatable bonds is 1. The molecule has 0 heterocycles. The molecule has 2 rings (SSSR count). The standard InChI is InChI=1S/C20H25Br/c1-19(2,3)16-10-15(11-17(13-16)20(4,5)6)14-8-7-9-18(21)12-14/h7-13H,1-6H3. The normalized spacial score (nSPS) is 12.5. The second-order valence-electron chi connectivity index (χ2n) is 7.81. The molecule has 0 aliphatic heterocycles. The van der Waals surface area contributed by atoms with Crippen molar-refractivity contribution in [1.29, 1.82) is 0 Å². The predicted octanol–water partition coefficient (Wildman–Crippen LogP) is 6.71. The van der Waals surface area contributed by atoms with E-state index in [0.717, 1.165) is 4.47 Å². The lowest BCUT2D eigenvalue weighted by Gasteiger charge is -2.26. The average molecular weight is 345 g/mol. The zero-order chi connectivity index (χ0) is 15.8. The van der Waals surface area contributed by atoms with E-state index >= 15 is 0 Å². The highest BCUT2D eigenvalue weighted by Crippen LogP contribution is 2.34. The van der Waals surface area contributed by atoms with E-state index in [-0.39, 0.29) is 10.8 Å². The molecule has 0 nitrogen and oxygen atoms in total. The molecule has 112 valence electrons. The van der Waals surface area contributed by atoms with Crippen LogP contribution in [0, 0.1) is 0 Å². The molecule has 0 atom stereocenters. The Morgan fingerprint density at radius 2 is 1.19 bits per heavy atom. The summed E-state index contributed by atoms with van der Waals surface area (Å²) in [4.78, 5) is 0. The Kier molecular flexibility index (Phi) is 4.35. The quantitative estimate of drug-likeness (QED) is 0.539. The topological polar surface area (TPSA) is 0 Å². The van der Waals surface area contributed by atoms with E-state index in [9.17, 15) is 0 Å². The molecule has 0 amide bonds. The summed E-state index contributed by atoms with van der Waals surface area (Å²) in [5, 5.41) is 0. The van der Waals surface area contributed by atoms with Gasteiger partial charge in [-0.3, -0.25) is 0 Å². The molecule has 0 fully saturated rings. The smallest absolute Gasteiger partial charge is 0.0181 e. The van der Waals surface area contributed by atoms with Gasteiger partial charge >= 0.3 is 0 Å². The summed E-state index contributed by atoms with van der Waals surface area (Å²) < 4.78 is 1.12. The van der Waals surface area contributed by atoms with Crippen molar-refractivity contribution in [1.82, 2.24) is 0 Å². The third-order valence-corrected chi connectivity index (χ3v) is 4.32. The Hall–Kier alpha value is -1.08. The first kappa shape index (κ1) is 16.3. The van der Waals surface area contributed by atoms with E-state index < -0.39 is 0 Å². The van der Waals surface area contributed by atoms with Crippen molar-refractivity contribution < 1.29 is 0 Å². The van der Waals surface area contributed by atoms with Gasteiger partial charge in [0.1, 0.15) is 0 Å². The van der Waals surface area contributed by atoms with Crippen molar-refractivity contribution >= 4 is 15.9 Å². The number of hydrogen-bond acceptors (Lipinski definition) is 0. The van der Waals surface area contributed by atoms with Crippen molar-refractivity contribution in [2.45, 2.75) is 52.4 Å². The third kappa shape index (κ3) is 3.97. The molecule has 21 heavy (non-hydrogen) atoms. The SMILES string of the molecule is CC(C)(C)c1cc(-c2cccc(Br)c2)cc(C(C)(C)C)c1. The van der Waals surface area contributed by atoms with Crippen molar-refractivity contribution in [3.63, 3.8) is 0 Å². The zero-order valence-corrected chi connectivity index (χ0v) is 15.5. The molecule has 0 bridgehead atoms. The highest BCUT2D eigenvalue weighted by Gasteiger charge is 2.20. The summed E-state index contributed by atoms with van der Waals surface area (Å²) in [6, 6.07) is 15.6. The molecule has 0 saturated carbocycles. The van der Waals surface area contributed by atoms with E-state index in [4.69, 9.17) is 0 Å². The van der Waals surface area contributed by atoms with Crippen molar-refractivity contribution in [2.24, 2.45) is 0 Å². The fraction of sp³-hybridized carbons (Fsp3) is 0.400. The molecule has 2 aromatic rings. The van der Waals surface area contributed by atoms with Gasteiger partial charge in [-0.2, -0.15) is 0 Å². The minimum Gasteiger partial charge on any atom is -0.0605 e. The van der Waals surface area contributed by atoms with E-state index in [0.29, 0.717) is 0 Å². The Balaban J connectivity index is 2.66. The number of hydrogen-bond donors (Lipinski definition) is 0. The van der Waals surface area contributed by atoms with Crippen LogP contribution in [0.25, 0.3) is 11.1 Å². The number of halogens is 1. The lowest BCUT2D eigenvalue weighted by atomic mass is 9.79. The minimum atomic E-state index is 0.155. The van der Waals surface area contributed by atoms with Gasteiger partial charge in [0.15, 0.2) is 0 Å². The second-order valence-corrected chi connectivity index (χ2v) is 8.73. The summed E-state index contributed by atoms with van der Waals surface area (Å²) in [6.07, 6.45) is 0. The summed E-state index contributed by atoms with van der Waals surface area (Å²) in [6.45, 7) is 13.7. The van der Waals surface area contributed by atoms with Gasteiger partial charge in [0.25, 0.3) is 0 Å². The first-order chi connectivity index (χ1) is 9.57. The van der Waals surface area contributed by atoms with Crippen LogP contribution in [0.2, 0.25) is 0 Å². The lowest BCUT2D eigenvalue weighted by molar-refractivity contribution is 0.569. The van der Waals surface area contributed by atoms with Gasteiger partial charge in [0.2, 0.25) is 0 Å². The highest BCUT2D eigenvalue weighted by molar-refractivity contribution is 9.10. The molecule has 0 saturated heterocycles. The number of benzene rings is 2. The van der Waals surface area contributed by atoms with Crippen LogP contribution in [-0.2, 0) is 10.8 Å². The summed E-state index contributed by atoms with van der Waals surface area (Å²) in [7, 11) is 0. The molecular formula is C20H25Br. The molecule has 0 aliphatic rings. The monoisotopic (exact) mass is 344 g/mol. The second kappa shape index (κ2) is 5.61. The van der Waals surface area contributed by atoms with E-state index in [2.05, 4.69) is 99.9 Å². The summed E-state index contributed by atoms with van der Waals surface area (Å²) >= 11 is 3.58. The molecular weight excluding hydrogens is 320 g/mol. The predicted molar refractivity (Wildman–Crippen MR) is 97.0 cm³/mol. The van der Waals surface area contributed by atoms with Crippen LogP contribution in [-0.4, -0.2) is 0 Å². The highest BCUT2D eigenvalue weighted by atomic mass is 79.9.